The van der Waals surface area contributed by atoms with E-state index in [1.54, 1.807) is 47.3 Å². The number of rotatable bonds is 1. The minimum atomic E-state index is -2.67. The second-order valence-electron chi connectivity index (χ2n) is 7.79. The number of Topliss-reactive ketones (excluding diaryl/α,β-unsaturated/α-hetero) is 1. The molecule has 0 spiro atoms. The lowest BCUT2D eigenvalue weighted by Crippen LogP contribution is -1.93. The fourth-order valence-electron chi connectivity index (χ4n) is 0.557. The van der Waals surface area contributed by atoms with Crippen molar-refractivity contribution in [2.45, 2.75) is 55.4 Å². The van der Waals surface area contributed by atoms with E-state index in [0.717, 1.165) is 18.3 Å². The number of thioether (sulfide) groups is 1. The van der Waals surface area contributed by atoms with Crippen molar-refractivity contribution < 1.29 is 27.4 Å². The SMILES string of the molecule is CC.CC(C)(C)C.CC(C)=O.COC.COC.COc1ccccc1.CS(C)(=O)=O.CSC. The summed E-state index contributed by atoms with van der Waals surface area (Å²) in [5, 5.41) is 0. The maximum Gasteiger partial charge on any atom is 0.144 e. The number of para-hydroxylation sites is 1. The summed E-state index contributed by atoms with van der Waals surface area (Å²) in [6, 6.07) is 9.68. The first-order valence-corrected chi connectivity index (χ1v) is 14.3. The Kier molecular flexibility index (Phi) is 61.3. The maximum atomic E-state index is 9.63. The lowest BCUT2D eigenvalue weighted by Gasteiger charge is -2.05. The van der Waals surface area contributed by atoms with Gasteiger partial charge in [0.05, 0.1) is 7.11 Å². The molecule has 0 aliphatic heterocycles. The molecule has 0 fully saturated rings. The predicted octanol–water partition coefficient (Wildman–Crippen LogP) is 6.53. The van der Waals surface area contributed by atoms with Gasteiger partial charge >= 0.3 is 0 Å². The molecule has 0 bridgehead atoms. The van der Waals surface area contributed by atoms with E-state index in [1.165, 1.54) is 13.8 Å². The van der Waals surface area contributed by atoms with Crippen molar-refractivity contribution >= 4 is 27.4 Å². The minimum absolute atomic E-state index is 0.167. The number of benzene rings is 1. The van der Waals surface area contributed by atoms with Gasteiger partial charge in [0.1, 0.15) is 21.4 Å². The molecule has 0 atom stereocenters. The van der Waals surface area contributed by atoms with Crippen molar-refractivity contribution in [2.75, 3.05) is 60.6 Å². The van der Waals surface area contributed by atoms with Crippen LogP contribution in [-0.2, 0) is 24.1 Å². The van der Waals surface area contributed by atoms with Gasteiger partial charge in [0, 0.05) is 41.0 Å². The summed E-state index contributed by atoms with van der Waals surface area (Å²) in [5.74, 6) is 1.08. The first-order valence-electron chi connectivity index (χ1n) is 10.3. The number of sulfone groups is 1. The Morgan fingerprint density at radius 3 is 1.03 bits per heavy atom. The fraction of sp³-hybridized carbons (Fsp3) is 0.720. The van der Waals surface area contributed by atoms with Gasteiger partial charge in [-0.2, -0.15) is 11.8 Å². The summed E-state index contributed by atoms with van der Waals surface area (Å²) in [6.07, 6.45) is 6.40. The number of ketones is 1. The van der Waals surface area contributed by atoms with E-state index in [1.807, 2.05) is 56.7 Å². The standard InChI is InChI=1S/C7H8O.C5H12.C3H6O.C2H6O2S.2C2H6O.C2H6S.C2H6/c1-8-7-5-3-2-4-6-7;1-5(2,3)4;1-3(2)4;1-5(2,3)4;3*1-3-2;1-2/h2-6H,1H3;1-4H3;1-2H3;1-2H3;3*1-2H3;1-2H3. The minimum Gasteiger partial charge on any atom is -0.497 e. The third kappa shape index (κ3) is 325. The Bertz CT molecular complexity index is 503. The predicted molar refractivity (Wildman–Crippen MR) is 152 cm³/mol. The molecular formula is C25H56O6S2. The van der Waals surface area contributed by atoms with E-state index in [9.17, 15) is 13.2 Å². The zero-order chi connectivity index (χ0) is 28.5. The second-order valence-corrected chi connectivity index (χ2v) is 10.9. The summed E-state index contributed by atoms with van der Waals surface area (Å²) in [4.78, 5) is 9.44. The second kappa shape index (κ2) is 41.2. The highest BCUT2D eigenvalue weighted by Gasteiger charge is 1.95. The van der Waals surface area contributed by atoms with Gasteiger partial charge in [-0.1, -0.05) is 59.7 Å². The molecular weight excluding hydrogens is 460 g/mol. The van der Waals surface area contributed by atoms with Crippen LogP contribution in [0, 0.1) is 5.41 Å². The maximum absolute atomic E-state index is 9.63. The Morgan fingerprint density at radius 1 is 0.788 bits per heavy atom. The molecule has 0 aliphatic carbocycles. The van der Waals surface area contributed by atoms with Crippen LogP contribution in [0.25, 0.3) is 0 Å². The van der Waals surface area contributed by atoms with Gasteiger partial charge in [0.15, 0.2) is 0 Å². The molecule has 0 saturated carbocycles. The molecule has 0 unspecified atom stereocenters. The largest absolute Gasteiger partial charge is 0.497 e. The number of carbonyl (C=O) groups is 1. The summed E-state index contributed by atoms with van der Waals surface area (Å²) in [6.45, 7) is 15.8. The molecule has 1 aromatic rings. The molecule has 1 rings (SSSR count). The zero-order valence-electron chi connectivity index (χ0n) is 24.7. The molecule has 0 amide bonds. The molecule has 1 aromatic carbocycles. The van der Waals surface area contributed by atoms with Crippen molar-refractivity contribution in [1.82, 2.24) is 0 Å². The lowest BCUT2D eigenvalue weighted by atomic mass is 10.0. The van der Waals surface area contributed by atoms with Crippen molar-refractivity contribution in [2.24, 2.45) is 5.41 Å². The van der Waals surface area contributed by atoms with Crippen LogP contribution >= 0.6 is 11.8 Å². The molecule has 0 heterocycles. The topological polar surface area (TPSA) is 78.9 Å². The molecule has 6 nitrogen and oxygen atoms in total. The van der Waals surface area contributed by atoms with Crippen LogP contribution in [0.4, 0.5) is 0 Å². The summed E-state index contributed by atoms with van der Waals surface area (Å²) in [5.41, 5.74) is 0.500. The number of methoxy groups -OCH3 is 3. The van der Waals surface area contributed by atoms with Gasteiger partial charge in [0.2, 0.25) is 0 Å². The van der Waals surface area contributed by atoms with Crippen LogP contribution in [0.5, 0.6) is 5.75 Å². The Balaban J connectivity index is -0.0000000490. The van der Waals surface area contributed by atoms with Gasteiger partial charge in [-0.05, 0) is 43.9 Å². The summed E-state index contributed by atoms with van der Waals surface area (Å²) < 4.78 is 32.7. The molecule has 0 N–H and O–H groups in total. The van der Waals surface area contributed by atoms with Crippen LogP contribution in [0.2, 0.25) is 0 Å². The van der Waals surface area contributed by atoms with E-state index in [-0.39, 0.29) is 5.78 Å². The van der Waals surface area contributed by atoms with E-state index in [0.29, 0.717) is 5.41 Å². The normalized spacial score (nSPS) is 8.27. The van der Waals surface area contributed by atoms with E-state index >= 15 is 0 Å². The van der Waals surface area contributed by atoms with Gasteiger partial charge in [0.25, 0.3) is 0 Å². The number of hydrogen-bond acceptors (Lipinski definition) is 7. The smallest absolute Gasteiger partial charge is 0.144 e. The monoisotopic (exact) mass is 516 g/mol. The number of hydrogen-bond donors (Lipinski definition) is 0. The van der Waals surface area contributed by atoms with Gasteiger partial charge in [-0.25, -0.2) is 8.42 Å². The summed E-state index contributed by atoms with van der Waals surface area (Å²) in [7, 11) is 5.50. The van der Waals surface area contributed by atoms with Crippen LogP contribution in [0.3, 0.4) is 0 Å². The van der Waals surface area contributed by atoms with Crippen molar-refractivity contribution in [3.63, 3.8) is 0 Å². The zero-order valence-corrected chi connectivity index (χ0v) is 26.3. The highest BCUT2D eigenvalue weighted by atomic mass is 32.2. The van der Waals surface area contributed by atoms with Gasteiger partial charge < -0.3 is 19.0 Å². The molecule has 204 valence electrons. The van der Waals surface area contributed by atoms with Crippen molar-refractivity contribution in [1.29, 1.82) is 0 Å². The molecule has 33 heavy (non-hydrogen) atoms. The van der Waals surface area contributed by atoms with Crippen LogP contribution < -0.4 is 4.74 Å². The molecule has 0 radical (unpaired) electrons. The van der Waals surface area contributed by atoms with E-state index < -0.39 is 9.84 Å². The van der Waals surface area contributed by atoms with Crippen molar-refractivity contribution in [3.8, 4) is 5.75 Å². The Labute approximate surface area is 212 Å². The molecule has 0 saturated heterocycles. The first kappa shape index (κ1) is 49.1. The molecule has 0 aliphatic rings. The molecule has 0 aromatic heterocycles. The number of carbonyl (C=O) groups excluding carboxylic acids is 1. The van der Waals surface area contributed by atoms with Crippen LogP contribution in [-0.4, -0.2) is 74.8 Å². The van der Waals surface area contributed by atoms with Crippen LogP contribution in [0.15, 0.2) is 30.3 Å². The average molecular weight is 517 g/mol. The lowest BCUT2D eigenvalue weighted by molar-refractivity contribution is -0.115. The van der Waals surface area contributed by atoms with Gasteiger partial charge in [-0.15, -0.1) is 0 Å². The average Bonchev–Trinajstić information content (AvgIpc) is 2.63. The quantitative estimate of drug-likeness (QED) is 0.419. The fourth-order valence-corrected chi connectivity index (χ4v) is 0.557. The third-order valence-electron chi connectivity index (χ3n) is 0.979. The van der Waals surface area contributed by atoms with E-state index in [4.69, 9.17) is 4.74 Å². The van der Waals surface area contributed by atoms with Crippen molar-refractivity contribution in [3.05, 3.63) is 30.3 Å². The third-order valence-corrected chi connectivity index (χ3v) is 0.979. The Hall–Kier alpha value is -1.09. The molecule has 8 heteroatoms. The highest BCUT2D eigenvalue weighted by Crippen LogP contribution is 2.08. The Morgan fingerprint density at radius 2 is 0.939 bits per heavy atom. The first-order chi connectivity index (χ1) is 14.9. The van der Waals surface area contributed by atoms with Gasteiger partial charge in [-0.3, -0.25) is 0 Å². The van der Waals surface area contributed by atoms with E-state index in [2.05, 4.69) is 37.2 Å². The van der Waals surface area contributed by atoms with Crippen LogP contribution in [0.1, 0.15) is 55.4 Å². The summed E-state index contributed by atoms with van der Waals surface area (Å²) >= 11 is 1.75. The highest BCUT2D eigenvalue weighted by molar-refractivity contribution is 7.97. The number of ether oxygens (including phenoxy) is 3.